The van der Waals surface area contributed by atoms with Crippen LogP contribution in [0.15, 0.2) is 28.8 Å². The molecular formula is C18H26N4O. The van der Waals surface area contributed by atoms with Gasteiger partial charge in [-0.2, -0.15) is 4.98 Å². The monoisotopic (exact) mass is 314 g/mol. The molecule has 1 aromatic heterocycles. The fourth-order valence-electron chi connectivity index (χ4n) is 2.97. The highest BCUT2D eigenvalue weighted by Gasteiger charge is 2.39. The molecule has 0 aliphatic heterocycles. The van der Waals surface area contributed by atoms with Gasteiger partial charge in [-0.1, -0.05) is 24.2 Å². The standard InChI is InChI=1S/C18H26N4O/c1-4-22(13(2)3)12-14-6-8-15(9-7-14)16-20-17(21-23-16)18(19)10-5-11-18/h6-9,13H,4-5,10-12,19H2,1-3H3. The lowest BCUT2D eigenvalue weighted by Gasteiger charge is -2.34. The van der Waals surface area contributed by atoms with Crippen molar-refractivity contribution < 1.29 is 4.52 Å². The molecule has 1 aliphatic carbocycles. The Morgan fingerprint density at radius 3 is 2.48 bits per heavy atom. The third-order valence-corrected chi connectivity index (χ3v) is 4.84. The third-order valence-electron chi connectivity index (χ3n) is 4.84. The van der Waals surface area contributed by atoms with Gasteiger partial charge in [0.25, 0.3) is 5.89 Å². The van der Waals surface area contributed by atoms with E-state index >= 15 is 0 Å². The van der Waals surface area contributed by atoms with Crippen molar-refractivity contribution in [3.63, 3.8) is 0 Å². The van der Waals surface area contributed by atoms with Crippen molar-refractivity contribution in [2.45, 2.75) is 58.2 Å². The number of benzene rings is 1. The van der Waals surface area contributed by atoms with Gasteiger partial charge in [-0.05, 0) is 57.4 Å². The van der Waals surface area contributed by atoms with Gasteiger partial charge in [0.2, 0.25) is 0 Å². The van der Waals surface area contributed by atoms with Crippen LogP contribution in [0.5, 0.6) is 0 Å². The number of rotatable bonds is 6. The summed E-state index contributed by atoms with van der Waals surface area (Å²) in [6, 6.07) is 8.90. The van der Waals surface area contributed by atoms with Crippen LogP contribution in [0.3, 0.4) is 0 Å². The Bertz CT molecular complexity index is 643. The first-order chi connectivity index (χ1) is 11.0. The highest BCUT2D eigenvalue weighted by molar-refractivity contribution is 5.53. The number of hydrogen-bond donors (Lipinski definition) is 1. The third kappa shape index (κ3) is 3.31. The maximum Gasteiger partial charge on any atom is 0.257 e. The highest BCUT2D eigenvalue weighted by atomic mass is 16.5. The maximum atomic E-state index is 6.25. The van der Waals surface area contributed by atoms with Crippen LogP contribution >= 0.6 is 0 Å². The van der Waals surface area contributed by atoms with Crippen molar-refractivity contribution in [2.24, 2.45) is 5.73 Å². The zero-order valence-corrected chi connectivity index (χ0v) is 14.2. The van der Waals surface area contributed by atoms with Gasteiger partial charge < -0.3 is 10.3 Å². The Kier molecular flexibility index (Phi) is 4.50. The van der Waals surface area contributed by atoms with Crippen LogP contribution in [-0.2, 0) is 12.1 Å². The van der Waals surface area contributed by atoms with E-state index in [4.69, 9.17) is 10.3 Å². The molecule has 5 heteroatoms. The van der Waals surface area contributed by atoms with Crippen molar-refractivity contribution in [1.82, 2.24) is 15.0 Å². The first-order valence-electron chi connectivity index (χ1n) is 8.48. The molecule has 1 heterocycles. The summed E-state index contributed by atoms with van der Waals surface area (Å²) in [6.45, 7) is 8.64. The first-order valence-corrected chi connectivity index (χ1v) is 8.48. The average molecular weight is 314 g/mol. The molecule has 0 unspecified atom stereocenters. The van der Waals surface area contributed by atoms with E-state index in [0.29, 0.717) is 17.8 Å². The molecule has 1 aliphatic rings. The second kappa shape index (κ2) is 6.42. The highest BCUT2D eigenvalue weighted by Crippen LogP contribution is 2.37. The van der Waals surface area contributed by atoms with E-state index < -0.39 is 0 Å². The van der Waals surface area contributed by atoms with Gasteiger partial charge in [-0.3, -0.25) is 4.90 Å². The van der Waals surface area contributed by atoms with Crippen molar-refractivity contribution >= 4 is 0 Å². The minimum Gasteiger partial charge on any atom is -0.334 e. The quantitative estimate of drug-likeness (QED) is 0.886. The molecule has 23 heavy (non-hydrogen) atoms. The van der Waals surface area contributed by atoms with Crippen LogP contribution in [0, 0.1) is 0 Å². The van der Waals surface area contributed by atoms with Crippen LogP contribution in [0.2, 0.25) is 0 Å². The molecule has 124 valence electrons. The molecular weight excluding hydrogens is 288 g/mol. The Hall–Kier alpha value is -1.72. The lowest BCUT2D eigenvalue weighted by molar-refractivity contribution is 0.225. The van der Waals surface area contributed by atoms with E-state index in [2.05, 4.69) is 47.9 Å². The summed E-state index contributed by atoms with van der Waals surface area (Å²) in [5.41, 5.74) is 8.11. The van der Waals surface area contributed by atoms with Crippen LogP contribution in [0.4, 0.5) is 0 Å². The van der Waals surface area contributed by atoms with Gasteiger partial charge >= 0.3 is 0 Å². The van der Waals surface area contributed by atoms with Gasteiger partial charge in [0.05, 0.1) is 5.54 Å². The zero-order chi connectivity index (χ0) is 16.4. The molecule has 0 spiro atoms. The maximum absolute atomic E-state index is 6.25. The molecule has 1 aromatic carbocycles. The van der Waals surface area contributed by atoms with E-state index in [1.54, 1.807) is 0 Å². The zero-order valence-electron chi connectivity index (χ0n) is 14.2. The molecule has 2 N–H and O–H groups in total. The molecule has 0 bridgehead atoms. The minimum absolute atomic E-state index is 0.374. The molecule has 5 nitrogen and oxygen atoms in total. The summed E-state index contributed by atoms with van der Waals surface area (Å²) in [5.74, 6) is 1.19. The summed E-state index contributed by atoms with van der Waals surface area (Å²) < 4.78 is 5.40. The van der Waals surface area contributed by atoms with E-state index in [1.807, 2.05) is 12.1 Å². The molecule has 3 rings (SSSR count). The van der Waals surface area contributed by atoms with Crippen molar-refractivity contribution in [2.75, 3.05) is 6.54 Å². The normalized spacial score (nSPS) is 16.8. The van der Waals surface area contributed by atoms with Gasteiger partial charge in [0, 0.05) is 18.2 Å². The second-order valence-corrected chi connectivity index (χ2v) is 6.79. The lowest BCUT2D eigenvalue weighted by atomic mass is 9.77. The summed E-state index contributed by atoms with van der Waals surface area (Å²) in [4.78, 5) is 6.92. The van der Waals surface area contributed by atoms with Gasteiger partial charge in [0.15, 0.2) is 5.82 Å². The topological polar surface area (TPSA) is 68.2 Å². The Morgan fingerprint density at radius 2 is 1.96 bits per heavy atom. The van der Waals surface area contributed by atoms with E-state index in [0.717, 1.165) is 37.9 Å². The number of aromatic nitrogens is 2. The fraction of sp³-hybridized carbons (Fsp3) is 0.556. The van der Waals surface area contributed by atoms with E-state index in [-0.39, 0.29) is 5.54 Å². The van der Waals surface area contributed by atoms with Crippen LogP contribution in [0.25, 0.3) is 11.5 Å². The van der Waals surface area contributed by atoms with Crippen LogP contribution in [0.1, 0.15) is 51.4 Å². The molecule has 1 fully saturated rings. The Morgan fingerprint density at radius 1 is 1.26 bits per heavy atom. The Balaban J connectivity index is 1.72. The first kappa shape index (κ1) is 16.1. The summed E-state index contributed by atoms with van der Waals surface area (Å²) in [6.07, 6.45) is 3.01. The molecule has 2 aromatic rings. The van der Waals surface area contributed by atoms with Crippen LogP contribution in [-0.4, -0.2) is 27.6 Å². The molecule has 1 saturated carbocycles. The average Bonchev–Trinajstić information content (AvgIpc) is 3.00. The largest absolute Gasteiger partial charge is 0.334 e. The molecule has 0 atom stereocenters. The van der Waals surface area contributed by atoms with Crippen molar-refractivity contribution in [3.05, 3.63) is 35.7 Å². The summed E-state index contributed by atoms with van der Waals surface area (Å²) >= 11 is 0. The predicted octanol–water partition coefficient (Wildman–Crippen LogP) is 3.30. The molecule has 0 saturated heterocycles. The number of nitrogens with two attached hydrogens (primary N) is 1. The van der Waals surface area contributed by atoms with Crippen molar-refractivity contribution in [1.29, 1.82) is 0 Å². The molecule has 0 amide bonds. The number of nitrogens with zero attached hydrogens (tertiary/aromatic N) is 3. The van der Waals surface area contributed by atoms with E-state index in [1.165, 1.54) is 5.56 Å². The molecule has 0 radical (unpaired) electrons. The van der Waals surface area contributed by atoms with Gasteiger partial charge in [-0.25, -0.2) is 0 Å². The predicted molar refractivity (Wildman–Crippen MR) is 90.7 cm³/mol. The van der Waals surface area contributed by atoms with Gasteiger partial charge in [-0.15, -0.1) is 0 Å². The SMILES string of the molecule is CCN(Cc1ccc(-c2nc(C3(N)CCC3)no2)cc1)C(C)C. The van der Waals surface area contributed by atoms with Crippen molar-refractivity contribution in [3.8, 4) is 11.5 Å². The smallest absolute Gasteiger partial charge is 0.257 e. The van der Waals surface area contributed by atoms with Gasteiger partial charge in [0.1, 0.15) is 0 Å². The number of hydrogen-bond acceptors (Lipinski definition) is 5. The van der Waals surface area contributed by atoms with E-state index in [9.17, 15) is 0 Å². The minimum atomic E-state index is -0.374. The Labute approximate surface area is 137 Å². The summed E-state index contributed by atoms with van der Waals surface area (Å²) in [5, 5.41) is 4.07. The second-order valence-electron chi connectivity index (χ2n) is 6.79. The summed E-state index contributed by atoms with van der Waals surface area (Å²) in [7, 11) is 0. The lowest BCUT2D eigenvalue weighted by Crippen LogP contribution is -2.44. The van der Waals surface area contributed by atoms with Crippen LogP contribution < -0.4 is 5.73 Å². The fourth-order valence-corrected chi connectivity index (χ4v) is 2.97.